The van der Waals surface area contributed by atoms with Gasteiger partial charge in [-0.05, 0) is 159 Å². The maximum Gasteiger partial charge on any atom is 0.0730 e. The van der Waals surface area contributed by atoms with E-state index in [-0.39, 0.29) is 5.41 Å². The fraction of sp³-hybridized carbons (Fsp3) is 0.0429. The van der Waals surface area contributed by atoms with Gasteiger partial charge in [-0.15, -0.1) is 0 Å². The summed E-state index contributed by atoms with van der Waals surface area (Å²) in [5.41, 5.74) is 17.7. The van der Waals surface area contributed by atoms with E-state index in [1.54, 1.807) is 0 Å². The first-order valence-electron chi connectivity index (χ1n) is 25.1. The summed E-state index contributed by atoms with van der Waals surface area (Å²) in [6.45, 7) is 4.73. The molecule has 0 N–H and O–H groups in total. The molecule has 1 aliphatic rings. The highest BCUT2D eigenvalue weighted by molar-refractivity contribution is 6.29. The van der Waals surface area contributed by atoms with E-state index in [1.807, 2.05) is 0 Å². The van der Waals surface area contributed by atoms with Crippen molar-refractivity contribution in [2.45, 2.75) is 19.3 Å². The molecule has 12 aromatic carbocycles. The standard InChI is InChI=1S/C70H46N2/c1-70(2)64-23-13-12-22-57(64)58-32-29-50(38-65(58)70)49-28-31-56-59(36-49)54-20-10-11-21-55(54)60-41-63-62-37-48(43-14-4-3-5-15-43)30-33-68(62)72(69(63)42-61(56)60)53-39-66(51-26-24-44-16-6-8-18-46(44)34-51)71-67(40-53)52-27-25-45-17-7-9-19-47(45)35-52/h3-42H,1-2H3. The van der Waals surface area contributed by atoms with E-state index in [4.69, 9.17) is 4.98 Å². The molecule has 15 rings (SSSR count). The fourth-order valence-electron chi connectivity index (χ4n) is 12.3. The van der Waals surface area contributed by atoms with Crippen LogP contribution in [0.15, 0.2) is 243 Å². The van der Waals surface area contributed by atoms with Crippen molar-refractivity contribution in [3.8, 4) is 61.6 Å². The molecule has 0 saturated carbocycles. The molecule has 72 heavy (non-hydrogen) atoms. The molecule has 2 heterocycles. The summed E-state index contributed by atoms with van der Waals surface area (Å²) in [5.74, 6) is 0. The molecule has 2 heteroatoms. The van der Waals surface area contributed by atoms with E-state index >= 15 is 0 Å². The van der Waals surface area contributed by atoms with Gasteiger partial charge in [0.25, 0.3) is 0 Å². The van der Waals surface area contributed by atoms with Gasteiger partial charge in [-0.2, -0.15) is 0 Å². The number of rotatable bonds is 5. The summed E-state index contributed by atoms with van der Waals surface area (Å²) in [4.78, 5) is 5.49. The van der Waals surface area contributed by atoms with Crippen molar-refractivity contribution in [2.24, 2.45) is 0 Å². The number of benzene rings is 12. The first-order chi connectivity index (χ1) is 35.4. The zero-order chi connectivity index (χ0) is 47.7. The van der Waals surface area contributed by atoms with Gasteiger partial charge in [0.2, 0.25) is 0 Å². The highest BCUT2D eigenvalue weighted by Crippen LogP contribution is 2.50. The maximum atomic E-state index is 5.49. The maximum absolute atomic E-state index is 5.49. The van der Waals surface area contributed by atoms with Crippen LogP contribution >= 0.6 is 0 Å². The average Bonchev–Trinajstić information content (AvgIpc) is 3.88. The van der Waals surface area contributed by atoms with Crippen molar-refractivity contribution in [3.63, 3.8) is 0 Å². The second-order valence-electron chi connectivity index (χ2n) is 20.3. The minimum atomic E-state index is -0.0747. The Hall–Kier alpha value is -9.11. The van der Waals surface area contributed by atoms with Gasteiger partial charge >= 0.3 is 0 Å². The molecule has 0 atom stereocenters. The SMILES string of the molecule is CC1(C)c2ccccc2-c2ccc(-c3ccc4c(c3)c3ccccc3c3cc5c6cc(-c7ccccc7)ccc6n(-c6cc(-c7ccc8ccccc8c7)nc(-c7ccc8ccccc8c7)c6)c5cc43)cc21. The third-order valence-corrected chi connectivity index (χ3v) is 15.9. The highest BCUT2D eigenvalue weighted by atomic mass is 15.0. The van der Waals surface area contributed by atoms with Crippen molar-refractivity contribution in [1.82, 2.24) is 9.55 Å². The Morgan fingerprint density at radius 1 is 0.292 bits per heavy atom. The van der Waals surface area contributed by atoms with E-state index < -0.39 is 0 Å². The van der Waals surface area contributed by atoms with Crippen LogP contribution in [-0.4, -0.2) is 9.55 Å². The highest BCUT2D eigenvalue weighted by Gasteiger charge is 2.35. The van der Waals surface area contributed by atoms with Crippen LogP contribution in [0.2, 0.25) is 0 Å². The summed E-state index contributed by atoms with van der Waals surface area (Å²) < 4.78 is 2.50. The van der Waals surface area contributed by atoms with Crippen LogP contribution in [0.3, 0.4) is 0 Å². The van der Waals surface area contributed by atoms with Gasteiger partial charge in [-0.25, -0.2) is 4.98 Å². The first kappa shape index (κ1) is 40.7. The Balaban J connectivity index is 0.998. The molecule has 0 saturated heterocycles. The van der Waals surface area contributed by atoms with Gasteiger partial charge in [0.15, 0.2) is 0 Å². The first-order valence-corrected chi connectivity index (χ1v) is 25.1. The van der Waals surface area contributed by atoms with E-state index in [0.29, 0.717) is 0 Å². The molecular formula is C70H46N2. The summed E-state index contributed by atoms with van der Waals surface area (Å²) in [5, 5.41) is 14.8. The topological polar surface area (TPSA) is 17.8 Å². The molecule has 1 aliphatic carbocycles. The van der Waals surface area contributed by atoms with Crippen LogP contribution in [0.4, 0.5) is 0 Å². The predicted octanol–water partition coefficient (Wildman–Crippen LogP) is 18.9. The lowest BCUT2D eigenvalue weighted by Crippen LogP contribution is -2.14. The lowest BCUT2D eigenvalue weighted by Gasteiger charge is -2.22. The Morgan fingerprint density at radius 2 is 0.792 bits per heavy atom. The number of hydrogen-bond donors (Lipinski definition) is 0. The second kappa shape index (κ2) is 15.4. The van der Waals surface area contributed by atoms with E-state index in [9.17, 15) is 0 Å². The fourth-order valence-corrected chi connectivity index (χ4v) is 12.3. The van der Waals surface area contributed by atoms with Crippen LogP contribution in [0.25, 0.3) is 137 Å². The average molecular weight is 915 g/mol. The van der Waals surface area contributed by atoms with Crippen LogP contribution in [0, 0.1) is 0 Å². The van der Waals surface area contributed by atoms with Gasteiger partial charge in [0, 0.05) is 27.3 Å². The molecule has 2 nitrogen and oxygen atoms in total. The summed E-state index contributed by atoms with van der Waals surface area (Å²) in [6.07, 6.45) is 0. The third kappa shape index (κ3) is 6.19. The van der Waals surface area contributed by atoms with Crippen LogP contribution in [0.1, 0.15) is 25.0 Å². The molecule has 0 bridgehead atoms. The lowest BCUT2D eigenvalue weighted by molar-refractivity contribution is 0.660. The Bertz CT molecular complexity index is 4490. The largest absolute Gasteiger partial charge is 0.309 e. The van der Waals surface area contributed by atoms with Gasteiger partial charge in [0.05, 0.1) is 28.1 Å². The monoisotopic (exact) mass is 914 g/mol. The lowest BCUT2D eigenvalue weighted by atomic mass is 9.81. The molecule has 0 aliphatic heterocycles. The van der Waals surface area contributed by atoms with E-state index in [2.05, 4.69) is 261 Å². The number of hydrogen-bond acceptors (Lipinski definition) is 1. The molecular weight excluding hydrogens is 869 g/mol. The molecule has 0 amide bonds. The Morgan fingerprint density at radius 3 is 1.51 bits per heavy atom. The van der Waals surface area contributed by atoms with Crippen LogP contribution < -0.4 is 0 Å². The molecule has 0 radical (unpaired) electrons. The summed E-state index contributed by atoms with van der Waals surface area (Å²) in [7, 11) is 0. The molecule has 336 valence electrons. The third-order valence-electron chi connectivity index (χ3n) is 15.9. The van der Waals surface area contributed by atoms with Gasteiger partial charge in [0.1, 0.15) is 0 Å². The van der Waals surface area contributed by atoms with Gasteiger partial charge < -0.3 is 4.57 Å². The molecule has 0 unspecified atom stereocenters. The zero-order valence-electron chi connectivity index (χ0n) is 40.0. The normalized spacial score (nSPS) is 13.0. The van der Waals surface area contributed by atoms with Crippen molar-refractivity contribution in [2.75, 3.05) is 0 Å². The van der Waals surface area contributed by atoms with Gasteiger partial charge in [-0.3, -0.25) is 0 Å². The summed E-state index contributed by atoms with van der Waals surface area (Å²) >= 11 is 0. The van der Waals surface area contributed by atoms with Crippen molar-refractivity contribution in [1.29, 1.82) is 0 Å². The molecule has 2 aromatic heterocycles. The Kier molecular flexibility index (Phi) is 8.74. The van der Waals surface area contributed by atoms with Crippen LogP contribution in [-0.2, 0) is 5.41 Å². The second-order valence-corrected chi connectivity index (χ2v) is 20.3. The molecule has 0 fully saturated rings. The van der Waals surface area contributed by atoms with Gasteiger partial charge in [-0.1, -0.05) is 196 Å². The quantitative estimate of drug-likeness (QED) is 0.157. The number of nitrogens with zero attached hydrogens (tertiary/aromatic N) is 2. The summed E-state index contributed by atoms with van der Waals surface area (Å²) in [6, 6.07) is 90.1. The number of aromatic nitrogens is 2. The number of fused-ring (bicyclic) bond motifs is 14. The minimum Gasteiger partial charge on any atom is -0.309 e. The van der Waals surface area contributed by atoms with E-state index in [1.165, 1.54) is 109 Å². The van der Waals surface area contributed by atoms with Crippen molar-refractivity contribution >= 4 is 75.7 Å². The predicted molar refractivity (Wildman–Crippen MR) is 305 cm³/mol. The van der Waals surface area contributed by atoms with Crippen molar-refractivity contribution in [3.05, 3.63) is 254 Å². The Labute approximate surface area is 417 Å². The molecule has 14 aromatic rings. The van der Waals surface area contributed by atoms with E-state index in [0.717, 1.165) is 39.2 Å². The number of pyridine rings is 1. The van der Waals surface area contributed by atoms with Crippen molar-refractivity contribution < 1.29 is 0 Å². The van der Waals surface area contributed by atoms with Crippen LogP contribution in [0.5, 0.6) is 0 Å². The smallest absolute Gasteiger partial charge is 0.0730 e. The minimum absolute atomic E-state index is 0.0747. The molecule has 0 spiro atoms. The zero-order valence-corrected chi connectivity index (χ0v) is 40.0.